The highest BCUT2D eigenvalue weighted by Crippen LogP contribution is 2.27. The zero-order valence-electron chi connectivity index (χ0n) is 25.9. The van der Waals surface area contributed by atoms with Crippen LogP contribution in [-0.4, -0.2) is 51.4 Å². The van der Waals surface area contributed by atoms with Crippen LogP contribution in [0.15, 0.2) is 0 Å². The fourth-order valence-corrected chi connectivity index (χ4v) is 3.11. The molecule has 0 unspecified atom stereocenters. The van der Waals surface area contributed by atoms with Crippen LogP contribution in [0.2, 0.25) is 0 Å². The van der Waals surface area contributed by atoms with Crippen molar-refractivity contribution in [1.82, 2.24) is 16.0 Å². The highest BCUT2D eigenvalue weighted by Gasteiger charge is 2.50. The summed E-state index contributed by atoms with van der Waals surface area (Å²) in [6, 6.07) is 0. The molecule has 0 aromatic heterocycles. The number of carbonyl (C=O) groups excluding carboxylic acids is 4. The smallest absolute Gasteiger partial charge is 0.332 e. The molecule has 0 aliphatic rings. The number of carbonyl (C=O) groups is 4. The van der Waals surface area contributed by atoms with Gasteiger partial charge in [-0.3, -0.25) is 14.4 Å². The van der Waals surface area contributed by atoms with E-state index in [4.69, 9.17) is 10.5 Å². The maximum atomic E-state index is 13.8. The molecule has 0 bridgehead atoms. The first-order valence-electron chi connectivity index (χ1n) is 13.3. The van der Waals surface area contributed by atoms with E-state index in [1.165, 1.54) is 0 Å². The summed E-state index contributed by atoms with van der Waals surface area (Å²) >= 11 is 0. The summed E-state index contributed by atoms with van der Waals surface area (Å²) in [4.78, 5) is 53.7. The van der Waals surface area contributed by atoms with Crippen LogP contribution in [0.25, 0.3) is 0 Å². The number of nitrogens with two attached hydrogens (primary N) is 1. The third-order valence-corrected chi connectivity index (χ3v) is 8.04. The van der Waals surface area contributed by atoms with Gasteiger partial charge in [0.25, 0.3) is 0 Å². The van der Waals surface area contributed by atoms with E-state index in [1.807, 2.05) is 41.5 Å². The van der Waals surface area contributed by atoms with Crippen LogP contribution in [0.1, 0.15) is 104 Å². The van der Waals surface area contributed by atoms with Gasteiger partial charge in [-0.1, -0.05) is 55.4 Å². The molecule has 0 fully saturated rings. The Morgan fingerprint density at radius 1 is 0.541 bits per heavy atom. The molecule has 216 valence electrons. The lowest BCUT2D eigenvalue weighted by Crippen LogP contribution is -2.72. The monoisotopic (exact) mass is 526 g/mol. The number of amides is 3. The zero-order valence-corrected chi connectivity index (χ0v) is 25.9. The average Bonchev–Trinajstić information content (AvgIpc) is 2.70. The molecule has 5 N–H and O–H groups in total. The summed E-state index contributed by atoms with van der Waals surface area (Å²) in [6.07, 6.45) is 0. The van der Waals surface area contributed by atoms with Gasteiger partial charge in [-0.2, -0.15) is 0 Å². The standard InChI is InChI=1S/C28H54N4O5/c1-16(2)25(12,29)20(33)30-26(13,17(3)4)21(34)31-27(14,18(5)6)22(35)32-28(15,19(7)8)23(36)37-24(9,10)11/h16-19H,29H2,1-15H3,(H,30,33)(H,31,34)(H,32,35)/t25-,26-,27-,28-/m0/s1. The van der Waals surface area contributed by atoms with Crippen LogP contribution in [-0.2, 0) is 23.9 Å². The topological polar surface area (TPSA) is 140 Å². The molecular formula is C28H54N4O5. The quantitative estimate of drug-likeness (QED) is 0.305. The largest absolute Gasteiger partial charge is 0.458 e. The van der Waals surface area contributed by atoms with Crippen LogP contribution >= 0.6 is 0 Å². The van der Waals surface area contributed by atoms with Gasteiger partial charge in [0.2, 0.25) is 17.7 Å². The Bertz CT molecular complexity index is 859. The SMILES string of the molecule is CC(C)[C@](C)(N)C(=O)N[C@](C)(C(=O)N[C@](C)(C(=O)N[C@](C)(C(=O)OC(C)(C)C)C(C)C)C(C)C)C(C)C. The number of hydrogen-bond donors (Lipinski definition) is 4. The van der Waals surface area contributed by atoms with Crippen molar-refractivity contribution < 1.29 is 23.9 Å². The predicted molar refractivity (Wildman–Crippen MR) is 147 cm³/mol. The minimum atomic E-state index is -1.40. The molecule has 0 aliphatic heterocycles. The van der Waals surface area contributed by atoms with Gasteiger partial charge in [-0.15, -0.1) is 0 Å². The van der Waals surface area contributed by atoms with Gasteiger partial charge in [0.05, 0.1) is 5.54 Å². The number of nitrogens with one attached hydrogen (secondary N) is 3. The fourth-order valence-electron chi connectivity index (χ4n) is 3.11. The molecule has 0 spiro atoms. The van der Waals surface area contributed by atoms with Gasteiger partial charge in [-0.05, 0) is 72.1 Å². The van der Waals surface area contributed by atoms with Crippen LogP contribution in [0.5, 0.6) is 0 Å². The van der Waals surface area contributed by atoms with Crippen molar-refractivity contribution in [3.05, 3.63) is 0 Å². The van der Waals surface area contributed by atoms with Crippen LogP contribution in [0.3, 0.4) is 0 Å². The molecule has 0 aromatic carbocycles. The molecule has 4 atom stereocenters. The maximum absolute atomic E-state index is 13.8. The molecule has 0 radical (unpaired) electrons. The highest BCUT2D eigenvalue weighted by molar-refractivity contribution is 5.99. The molecule has 0 aromatic rings. The van der Waals surface area contributed by atoms with Gasteiger partial charge < -0.3 is 26.4 Å². The van der Waals surface area contributed by atoms with Crippen LogP contribution in [0.4, 0.5) is 0 Å². The summed E-state index contributed by atoms with van der Waals surface area (Å²) in [5.74, 6) is -3.20. The van der Waals surface area contributed by atoms with E-state index in [1.54, 1.807) is 62.3 Å². The van der Waals surface area contributed by atoms with Crippen molar-refractivity contribution in [3.63, 3.8) is 0 Å². The predicted octanol–water partition coefficient (Wildman–Crippen LogP) is 3.29. The van der Waals surface area contributed by atoms with Crippen molar-refractivity contribution in [2.75, 3.05) is 0 Å². The summed E-state index contributed by atoms with van der Waals surface area (Å²) in [5.41, 5.74) is 0.234. The number of esters is 1. The van der Waals surface area contributed by atoms with Crippen LogP contribution in [0, 0.1) is 23.7 Å². The second-order valence-corrected chi connectivity index (χ2v) is 13.4. The first kappa shape index (κ1) is 34.8. The Labute approximate surface area is 224 Å². The van der Waals surface area contributed by atoms with Crippen molar-refractivity contribution >= 4 is 23.7 Å². The molecule has 0 heterocycles. The summed E-state index contributed by atoms with van der Waals surface area (Å²) in [5, 5.41) is 8.60. The van der Waals surface area contributed by atoms with Crippen molar-refractivity contribution in [1.29, 1.82) is 0 Å². The lowest BCUT2D eigenvalue weighted by atomic mass is 9.80. The Morgan fingerprint density at radius 2 is 0.838 bits per heavy atom. The van der Waals surface area contributed by atoms with Gasteiger partial charge in [0, 0.05) is 0 Å². The number of ether oxygens (including phenoxy) is 1. The Morgan fingerprint density at radius 3 is 1.11 bits per heavy atom. The normalized spacial score (nSPS) is 18.9. The van der Waals surface area contributed by atoms with E-state index >= 15 is 0 Å². The maximum Gasteiger partial charge on any atom is 0.332 e. The summed E-state index contributed by atoms with van der Waals surface area (Å²) < 4.78 is 5.60. The van der Waals surface area contributed by atoms with Gasteiger partial charge in [-0.25, -0.2) is 4.79 Å². The van der Waals surface area contributed by atoms with Gasteiger partial charge in [0.15, 0.2) is 0 Å². The van der Waals surface area contributed by atoms with Crippen molar-refractivity contribution in [3.8, 4) is 0 Å². The van der Waals surface area contributed by atoms with Crippen molar-refractivity contribution in [2.24, 2.45) is 29.4 Å². The molecule has 3 amide bonds. The molecule has 0 aliphatic carbocycles. The van der Waals surface area contributed by atoms with E-state index in [-0.39, 0.29) is 23.7 Å². The Hall–Kier alpha value is -2.16. The fraction of sp³-hybridized carbons (Fsp3) is 0.857. The van der Waals surface area contributed by atoms with Gasteiger partial charge >= 0.3 is 5.97 Å². The minimum absolute atomic E-state index is 0.166. The third-order valence-electron chi connectivity index (χ3n) is 8.04. The average molecular weight is 527 g/mol. The first-order valence-corrected chi connectivity index (χ1v) is 13.3. The van der Waals surface area contributed by atoms with Crippen molar-refractivity contribution in [2.45, 2.75) is 132 Å². The van der Waals surface area contributed by atoms with Gasteiger partial charge in [0.1, 0.15) is 22.2 Å². The molecule has 0 saturated heterocycles. The molecule has 0 rings (SSSR count). The Kier molecular flexibility index (Phi) is 11.0. The molecular weight excluding hydrogens is 472 g/mol. The Balaban J connectivity index is 6.27. The van der Waals surface area contributed by atoms with E-state index in [9.17, 15) is 19.2 Å². The van der Waals surface area contributed by atoms with E-state index < -0.39 is 51.4 Å². The minimum Gasteiger partial charge on any atom is -0.458 e. The highest BCUT2D eigenvalue weighted by atomic mass is 16.6. The zero-order chi connectivity index (χ0) is 29.9. The lowest BCUT2D eigenvalue weighted by molar-refractivity contribution is -0.167. The lowest BCUT2D eigenvalue weighted by Gasteiger charge is -2.43. The second-order valence-electron chi connectivity index (χ2n) is 13.4. The van der Waals surface area contributed by atoms with E-state index in [0.29, 0.717) is 0 Å². The van der Waals surface area contributed by atoms with E-state index in [0.717, 1.165) is 0 Å². The molecule has 37 heavy (non-hydrogen) atoms. The first-order chi connectivity index (χ1) is 16.3. The summed E-state index contributed by atoms with van der Waals surface area (Å²) in [6.45, 7) is 26.3. The third kappa shape index (κ3) is 7.91. The number of rotatable bonds is 11. The van der Waals surface area contributed by atoms with E-state index in [2.05, 4.69) is 16.0 Å². The molecule has 9 nitrogen and oxygen atoms in total. The summed E-state index contributed by atoms with van der Waals surface area (Å²) in [7, 11) is 0. The number of hydrogen-bond acceptors (Lipinski definition) is 6. The second kappa shape index (κ2) is 11.7. The molecule has 9 heteroatoms. The molecule has 0 saturated carbocycles. The van der Waals surface area contributed by atoms with Crippen LogP contribution < -0.4 is 21.7 Å².